The van der Waals surface area contributed by atoms with Gasteiger partial charge in [0, 0.05) is 34.7 Å². The molecule has 0 atom stereocenters. The molecular weight excluding hydrogens is 398 g/mol. The number of carbonyl (C=O) groups excluding carboxylic acids is 1. The predicted octanol–water partition coefficient (Wildman–Crippen LogP) is 4.43. The van der Waals surface area contributed by atoms with Crippen molar-refractivity contribution in [1.82, 2.24) is 5.32 Å². The Bertz CT molecular complexity index is 826. The maximum atomic E-state index is 12.0. The van der Waals surface area contributed by atoms with Gasteiger partial charge in [-0.15, -0.1) is 0 Å². The van der Waals surface area contributed by atoms with Crippen LogP contribution in [0.15, 0.2) is 42.5 Å². The molecule has 0 fully saturated rings. The number of rotatable bonds is 10. The van der Waals surface area contributed by atoms with Gasteiger partial charge in [-0.25, -0.2) is 0 Å². The molecule has 0 unspecified atom stereocenters. The van der Waals surface area contributed by atoms with E-state index in [1.54, 1.807) is 45.2 Å². The van der Waals surface area contributed by atoms with E-state index in [9.17, 15) is 4.79 Å². The highest BCUT2D eigenvalue weighted by Gasteiger charge is 2.14. The van der Waals surface area contributed by atoms with Gasteiger partial charge in [0.15, 0.2) is 11.5 Å². The van der Waals surface area contributed by atoms with Crippen molar-refractivity contribution in [3.05, 3.63) is 58.6 Å². The summed E-state index contributed by atoms with van der Waals surface area (Å²) in [5.74, 6) is 3.08. The van der Waals surface area contributed by atoms with Crippen molar-refractivity contribution in [3.8, 4) is 17.2 Å². The second-order valence-electron chi connectivity index (χ2n) is 5.73. The van der Waals surface area contributed by atoms with E-state index in [0.717, 1.165) is 22.1 Å². The highest BCUT2D eigenvalue weighted by Crippen LogP contribution is 2.40. The van der Waals surface area contributed by atoms with E-state index in [4.69, 9.17) is 25.8 Å². The van der Waals surface area contributed by atoms with Crippen molar-refractivity contribution in [2.24, 2.45) is 0 Å². The summed E-state index contributed by atoms with van der Waals surface area (Å²) in [6.45, 7) is 0.581. The third-order valence-electron chi connectivity index (χ3n) is 3.85. The van der Waals surface area contributed by atoms with Gasteiger partial charge < -0.3 is 19.5 Å². The summed E-state index contributed by atoms with van der Waals surface area (Å²) in [6.07, 6.45) is 3.17. The minimum Gasteiger partial charge on any atom is -0.493 e. The van der Waals surface area contributed by atoms with E-state index >= 15 is 0 Å². The number of thioether (sulfide) groups is 1. The Kier molecular flexibility index (Phi) is 9.04. The lowest BCUT2D eigenvalue weighted by Gasteiger charge is -2.13. The zero-order chi connectivity index (χ0) is 20.4. The molecule has 150 valence electrons. The largest absolute Gasteiger partial charge is 0.493 e. The second kappa shape index (κ2) is 11.5. The number of ether oxygens (including phenoxy) is 3. The molecule has 1 N–H and O–H groups in total. The number of benzene rings is 2. The van der Waals surface area contributed by atoms with Crippen LogP contribution in [-0.2, 0) is 10.5 Å². The number of hydrogen-bond acceptors (Lipinski definition) is 5. The fourth-order valence-corrected chi connectivity index (χ4v) is 3.56. The Morgan fingerprint density at radius 2 is 1.89 bits per heavy atom. The summed E-state index contributed by atoms with van der Waals surface area (Å²) in [5.41, 5.74) is 1.90. The highest BCUT2D eigenvalue weighted by atomic mass is 35.5. The summed E-state index contributed by atoms with van der Waals surface area (Å²) in [6, 6.07) is 11.4. The van der Waals surface area contributed by atoms with Crippen molar-refractivity contribution in [1.29, 1.82) is 0 Å². The molecule has 0 aliphatic heterocycles. The minimum absolute atomic E-state index is 0.166. The number of amides is 1. The van der Waals surface area contributed by atoms with Crippen LogP contribution in [0.25, 0.3) is 6.08 Å². The smallest absolute Gasteiger partial charge is 0.244 e. The van der Waals surface area contributed by atoms with Gasteiger partial charge >= 0.3 is 0 Å². The fourth-order valence-electron chi connectivity index (χ4n) is 2.54. The van der Waals surface area contributed by atoms with Crippen LogP contribution in [0.2, 0.25) is 5.02 Å². The van der Waals surface area contributed by atoms with Crippen molar-refractivity contribution in [3.63, 3.8) is 0 Å². The van der Waals surface area contributed by atoms with Gasteiger partial charge in [0.05, 0.1) is 21.3 Å². The van der Waals surface area contributed by atoms with E-state index in [-0.39, 0.29) is 5.91 Å². The lowest BCUT2D eigenvalue weighted by molar-refractivity contribution is -0.116. The predicted molar refractivity (Wildman–Crippen MR) is 116 cm³/mol. The number of hydrogen-bond donors (Lipinski definition) is 1. The third-order valence-corrected chi connectivity index (χ3v) is 5.12. The van der Waals surface area contributed by atoms with Gasteiger partial charge in [-0.3, -0.25) is 4.79 Å². The average molecular weight is 422 g/mol. The molecule has 0 aliphatic carbocycles. The Balaban J connectivity index is 1.83. The molecule has 7 heteroatoms. The summed E-state index contributed by atoms with van der Waals surface area (Å²) in [5, 5.41) is 3.61. The topological polar surface area (TPSA) is 56.8 Å². The molecule has 0 saturated heterocycles. The maximum Gasteiger partial charge on any atom is 0.244 e. The molecule has 1 amide bonds. The first-order chi connectivity index (χ1) is 13.6. The Labute approximate surface area is 175 Å². The molecule has 5 nitrogen and oxygen atoms in total. The van der Waals surface area contributed by atoms with Crippen molar-refractivity contribution < 1.29 is 19.0 Å². The van der Waals surface area contributed by atoms with E-state index < -0.39 is 0 Å². The molecule has 0 aromatic heterocycles. The zero-order valence-electron chi connectivity index (χ0n) is 16.2. The van der Waals surface area contributed by atoms with Crippen molar-refractivity contribution in [2.75, 3.05) is 33.6 Å². The summed E-state index contributed by atoms with van der Waals surface area (Å²) >= 11 is 7.71. The second-order valence-corrected chi connectivity index (χ2v) is 7.27. The van der Waals surface area contributed by atoms with E-state index in [2.05, 4.69) is 5.32 Å². The van der Waals surface area contributed by atoms with Crippen LogP contribution in [0.5, 0.6) is 17.2 Å². The first-order valence-electron chi connectivity index (χ1n) is 8.66. The SMILES string of the molecule is COc1ccc(/C=C/C(=O)NCCSCc2cccc(Cl)c2)c(OC)c1OC. The zero-order valence-corrected chi connectivity index (χ0v) is 17.7. The van der Waals surface area contributed by atoms with Gasteiger partial charge in [0.25, 0.3) is 0 Å². The molecule has 0 spiro atoms. The number of carbonyl (C=O) groups is 1. The van der Waals surface area contributed by atoms with Crippen LogP contribution >= 0.6 is 23.4 Å². The summed E-state index contributed by atoms with van der Waals surface area (Å²) in [4.78, 5) is 12.0. The average Bonchev–Trinajstić information content (AvgIpc) is 2.71. The van der Waals surface area contributed by atoms with Crippen LogP contribution in [0.4, 0.5) is 0 Å². The third kappa shape index (κ3) is 6.39. The first-order valence-corrected chi connectivity index (χ1v) is 10.2. The van der Waals surface area contributed by atoms with Gasteiger partial charge in [0.1, 0.15) is 0 Å². The molecule has 0 bridgehead atoms. The number of methoxy groups -OCH3 is 3. The van der Waals surface area contributed by atoms with Crippen LogP contribution in [0.3, 0.4) is 0 Å². The van der Waals surface area contributed by atoms with E-state index in [1.165, 1.54) is 11.6 Å². The Morgan fingerprint density at radius 3 is 2.57 bits per heavy atom. The first kappa shape index (κ1) is 22.0. The standard InChI is InChI=1S/C21H24ClNO4S/c1-25-18-9-7-16(20(26-2)21(18)27-3)8-10-19(24)23-11-12-28-14-15-5-4-6-17(22)13-15/h4-10,13H,11-12,14H2,1-3H3,(H,23,24)/b10-8+. The van der Waals surface area contributed by atoms with E-state index in [1.807, 2.05) is 30.3 Å². The molecule has 0 heterocycles. The Morgan fingerprint density at radius 1 is 1.11 bits per heavy atom. The Hall–Kier alpha value is -2.31. The molecule has 2 rings (SSSR count). The van der Waals surface area contributed by atoms with Crippen molar-refractivity contribution in [2.45, 2.75) is 5.75 Å². The lowest BCUT2D eigenvalue weighted by Crippen LogP contribution is -2.23. The lowest BCUT2D eigenvalue weighted by atomic mass is 10.1. The van der Waals surface area contributed by atoms with E-state index in [0.29, 0.717) is 23.8 Å². The molecule has 2 aromatic rings. The minimum atomic E-state index is -0.166. The monoisotopic (exact) mass is 421 g/mol. The number of nitrogens with one attached hydrogen (secondary N) is 1. The number of halogens is 1. The quantitative estimate of drug-likeness (QED) is 0.454. The normalized spacial score (nSPS) is 10.7. The summed E-state index contributed by atoms with van der Waals surface area (Å²) < 4.78 is 16.0. The molecule has 0 saturated carbocycles. The van der Waals surface area contributed by atoms with Gasteiger partial charge in [-0.05, 0) is 35.9 Å². The fraction of sp³-hybridized carbons (Fsp3) is 0.286. The molecule has 28 heavy (non-hydrogen) atoms. The maximum absolute atomic E-state index is 12.0. The van der Waals surface area contributed by atoms with Gasteiger partial charge in [0.2, 0.25) is 11.7 Å². The molecule has 0 radical (unpaired) electrons. The van der Waals surface area contributed by atoms with Crippen LogP contribution in [0, 0.1) is 0 Å². The van der Waals surface area contributed by atoms with Crippen LogP contribution in [0.1, 0.15) is 11.1 Å². The van der Waals surface area contributed by atoms with Crippen LogP contribution < -0.4 is 19.5 Å². The van der Waals surface area contributed by atoms with Crippen LogP contribution in [-0.4, -0.2) is 39.5 Å². The molecule has 2 aromatic carbocycles. The highest BCUT2D eigenvalue weighted by molar-refractivity contribution is 7.98. The van der Waals surface area contributed by atoms with Gasteiger partial charge in [-0.2, -0.15) is 11.8 Å². The summed E-state index contributed by atoms with van der Waals surface area (Å²) in [7, 11) is 4.65. The molecular formula is C21H24ClNO4S. The molecule has 0 aliphatic rings. The van der Waals surface area contributed by atoms with Crippen molar-refractivity contribution >= 4 is 35.3 Å². The van der Waals surface area contributed by atoms with Gasteiger partial charge in [-0.1, -0.05) is 23.7 Å².